The first-order valence-electron chi connectivity index (χ1n) is 7.82. The van der Waals surface area contributed by atoms with E-state index >= 15 is 0 Å². The van der Waals surface area contributed by atoms with Gasteiger partial charge in [0.1, 0.15) is 0 Å². The van der Waals surface area contributed by atoms with Gasteiger partial charge in [0.05, 0.1) is 0 Å². The van der Waals surface area contributed by atoms with Crippen molar-refractivity contribution in [3.05, 3.63) is 77.6 Å². The molecule has 0 bridgehead atoms. The molecule has 1 heterocycles. The van der Waals surface area contributed by atoms with E-state index in [0.717, 1.165) is 17.8 Å². The van der Waals surface area contributed by atoms with Gasteiger partial charge in [0, 0.05) is 11.4 Å². The van der Waals surface area contributed by atoms with Gasteiger partial charge in [-0.2, -0.15) is 0 Å². The molecule has 2 aromatic carbocycles. The van der Waals surface area contributed by atoms with Crippen LogP contribution >= 0.6 is 0 Å². The Kier molecular flexibility index (Phi) is 4.06. The predicted octanol–water partition coefficient (Wildman–Crippen LogP) is 5.59. The number of pyridine rings is 1. The van der Waals surface area contributed by atoms with Crippen molar-refractivity contribution in [1.82, 2.24) is 4.98 Å². The Balaban J connectivity index is 2.04. The van der Waals surface area contributed by atoms with Crippen LogP contribution in [0, 0.1) is 13.8 Å². The van der Waals surface area contributed by atoms with Crippen LogP contribution in [0.4, 0.5) is 0 Å². The van der Waals surface area contributed by atoms with Crippen molar-refractivity contribution in [3.8, 4) is 22.3 Å². The Morgan fingerprint density at radius 2 is 1.36 bits per heavy atom. The van der Waals surface area contributed by atoms with Crippen molar-refractivity contribution in [2.75, 3.05) is 0 Å². The van der Waals surface area contributed by atoms with Crippen molar-refractivity contribution in [2.45, 2.75) is 27.2 Å². The zero-order valence-electron chi connectivity index (χ0n) is 13.4. The highest BCUT2D eigenvalue weighted by molar-refractivity contribution is 5.73. The van der Waals surface area contributed by atoms with Crippen molar-refractivity contribution < 1.29 is 0 Å². The second-order valence-electron chi connectivity index (χ2n) is 5.67. The summed E-state index contributed by atoms with van der Waals surface area (Å²) in [5.41, 5.74) is 8.66. The van der Waals surface area contributed by atoms with E-state index in [1.165, 1.54) is 27.8 Å². The zero-order chi connectivity index (χ0) is 15.5. The summed E-state index contributed by atoms with van der Waals surface area (Å²) < 4.78 is 0. The van der Waals surface area contributed by atoms with E-state index in [0.29, 0.717) is 0 Å². The minimum absolute atomic E-state index is 1.01. The Labute approximate surface area is 132 Å². The molecule has 0 saturated heterocycles. The maximum Gasteiger partial charge on any atom is 0.0413 e. The van der Waals surface area contributed by atoms with Crippen molar-refractivity contribution in [2.24, 2.45) is 0 Å². The second-order valence-corrected chi connectivity index (χ2v) is 5.67. The lowest BCUT2D eigenvalue weighted by Crippen LogP contribution is -1.97. The predicted molar refractivity (Wildman–Crippen MR) is 94.0 cm³/mol. The van der Waals surface area contributed by atoms with Crippen LogP contribution in [-0.4, -0.2) is 4.98 Å². The molecule has 0 aliphatic rings. The summed E-state index contributed by atoms with van der Waals surface area (Å²) in [5.74, 6) is 0. The Bertz CT molecular complexity index is 771. The highest BCUT2D eigenvalue weighted by Crippen LogP contribution is 2.29. The first kappa shape index (κ1) is 14.5. The fourth-order valence-electron chi connectivity index (χ4n) is 3.03. The molecule has 0 fully saturated rings. The molecule has 0 unspecified atom stereocenters. The molecule has 22 heavy (non-hydrogen) atoms. The van der Waals surface area contributed by atoms with Crippen LogP contribution in [0.15, 0.2) is 60.7 Å². The van der Waals surface area contributed by atoms with Gasteiger partial charge < -0.3 is 0 Å². The maximum absolute atomic E-state index is 4.60. The van der Waals surface area contributed by atoms with Crippen LogP contribution < -0.4 is 0 Å². The molecule has 0 N–H and O–H groups in total. The number of aryl methyl sites for hydroxylation is 2. The number of rotatable bonds is 3. The van der Waals surface area contributed by atoms with E-state index in [1.54, 1.807) is 0 Å². The Morgan fingerprint density at radius 3 is 2.00 bits per heavy atom. The lowest BCUT2D eigenvalue weighted by atomic mass is 9.95. The van der Waals surface area contributed by atoms with E-state index < -0.39 is 0 Å². The molecular weight excluding hydrogens is 266 g/mol. The average molecular weight is 287 g/mol. The van der Waals surface area contributed by atoms with Gasteiger partial charge in [0.25, 0.3) is 0 Å². The number of nitrogens with zero attached hydrogens (tertiary/aromatic N) is 1. The molecule has 0 amide bonds. The van der Waals surface area contributed by atoms with Gasteiger partial charge in [-0.05, 0) is 54.2 Å². The van der Waals surface area contributed by atoms with Gasteiger partial charge in [-0.1, -0.05) is 61.5 Å². The summed E-state index contributed by atoms with van der Waals surface area (Å²) in [4.78, 5) is 4.60. The number of benzene rings is 2. The highest BCUT2D eigenvalue weighted by atomic mass is 14.7. The van der Waals surface area contributed by atoms with Gasteiger partial charge in [-0.3, -0.25) is 4.98 Å². The molecule has 1 nitrogen and oxygen atoms in total. The molecule has 1 heteroatoms. The fourth-order valence-corrected chi connectivity index (χ4v) is 3.03. The lowest BCUT2D eigenvalue weighted by Gasteiger charge is -2.13. The monoisotopic (exact) mass is 287 g/mol. The molecule has 3 aromatic rings. The van der Waals surface area contributed by atoms with E-state index in [-0.39, 0.29) is 0 Å². The van der Waals surface area contributed by atoms with Crippen LogP contribution in [0.5, 0.6) is 0 Å². The second kappa shape index (κ2) is 6.15. The quantitative estimate of drug-likeness (QED) is 0.611. The van der Waals surface area contributed by atoms with E-state index in [9.17, 15) is 0 Å². The summed E-state index contributed by atoms with van der Waals surface area (Å²) in [6.45, 7) is 6.36. The lowest BCUT2D eigenvalue weighted by molar-refractivity contribution is 1.02. The van der Waals surface area contributed by atoms with Gasteiger partial charge in [0.15, 0.2) is 0 Å². The molecule has 0 aliphatic heterocycles. The third kappa shape index (κ3) is 2.80. The van der Waals surface area contributed by atoms with Gasteiger partial charge in [-0.15, -0.1) is 0 Å². The molecule has 0 atom stereocenters. The van der Waals surface area contributed by atoms with Crippen LogP contribution in [0.25, 0.3) is 22.3 Å². The van der Waals surface area contributed by atoms with Gasteiger partial charge >= 0.3 is 0 Å². The van der Waals surface area contributed by atoms with E-state index in [2.05, 4.69) is 80.4 Å². The van der Waals surface area contributed by atoms with Crippen molar-refractivity contribution in [3.63, 3.8) is 0 Å². The largest absolute Gasteiger partial charge is 0.258 e. The normalized spacial score (nSPS) is 10.7. The maximum atomic E-state index is 4.60. The number of hydrogen-bond donors (Lipinski definition) is 0. The molecule has 0 saturated carbocycles. The molecule has 0 spiro atoms. The molecule has 110 valence electrons. The summed E-state index contributed by atoms with van der Waals surface area (Å²) in [6, 6.07) is 21.5. The number of aromatic nitrogens is 1. The summed E-state index contributed by atoms with van der Waals surface area (Å²) in [5, 5.41) is 0. The molecule has 1 aromatic heterocycles. The topological polar surface area (TPSA) is 12.9 Å². The van der Waals surface area contributed by atoms with Gasteiger partial charge in [0.2, 0.25) is 0 Å². The summed E-state index contributed by atoms with van der Waals surface area (Å²) >= 11 is 0. The minimum Gasteiger partial charge on any atom is -0.258 e. The first-order valence-corrected chi connectivity index (χ1v) is 7.82. The number of hydrogen-bond acceptors (Lipinski definition) is 1. The molecule has 0 aliphatic carbocycles. The van der Waals surface area contributed by atoms with E-state index in [1.807, 2.05) is 6.07 Å². The SMILES string of the molecule is CCc1c(-c2ccc(-c3ccccc3)cc2)cc(C)nc1C. The summed E-state index contributed by atoms with van der Waals surface area (Å²) in [6.07, 6.45) is 1.01. The highest BCUT2D eigenvalue weighted by Gasteiger charge is 2.09. The third-order valence-electron chi connectivity index (χ3n) is 4.12. The van der Waals surface area contributed by atoms with Crippen LogP contribution in [0.2, 0.25) is 0 Å². The Hall–Kier alpha value is -2.41. The minimum atomic E-state index is 1.01. The third-order valence-corrected chi connectivity index (χ3v) is 4.12. The zero-order valence-corrected chi connectivity index (χ0v) is 13.4. The van der Waals surface area contributed by atoms with E-state index in [4.69, 9.17) is 0 Å². The van der Waals surface area contributed by atoms with Crippen LogP contribution in [-0.2, 0) is 6.42 Å². The smallest absolute Gasteiger partial charge is 0.0413 e. The van der Waals surface area contributed by atoms with Crippen LogP contribution in [0.3, 0.4) is 0 Å². The van der Waals surface area contributed by atoms with Crippen LogP contribution in [0.1, 0.15) is 23.9 Å². The fraction of sp³-hybridized carbons (Fsp3) is 0.190. The first-order chi connectivity index (χ1) is 10.7. The molecule has 3 rings (SSSR count). The standard InChI is InChI=1S/C21H21N/c1-4-20-16(3)22-15(2)14-21(20)19-12-10-18(11-13-19)17-8-6-5-7-9-17/h5-14H,4H2,1-3H3. The average Bonchev–Trinajstić information content (AvgIpc) is 2.55. The molecule has 0 radical (unpaired) electrons. The van der Waals surface area contributed by atoms with Crippen molar-refractivity contribution >= 4 is 0 Å². The summed E-state index contributed by atoms with van der Waals surface area (Å²) in [7, 11) is 0. The Morgan fingerprint density at radius 1 is 0.773 bits per heavy atom. The molecular formula is C21H21N. The van der Waals surface area contributed by atoms with Crippen molar-refractivity contribution in [1.29, 1.82) is 0 Å². The van der Waals surface area contributed by atoms with Gasteiger partial charge in [-0.25, -0.2) is 0 Å².